The first-order valence-corrected chi connectivity index (χ1v) is 7.02. The summed E-state index contributed by atoms with van der Waals surface area (Å²) in [6.07, 6.45) is 0.788. The predicted molar refractivity (Wildman–Crippen MR) is 81.6 cm³/mol. The zero-order chi connectivity index (χ0) is 15.1. The molecular weight excluding hydrogens is 252 g/mol. The van der Waals surface area contributed by atoms with E-state index >= 15 is 0 Å². The first kappa shape index (κ1) is 16.2. The summed E-state index contributed by atoms with van der Waals surface area (Å²) in [5.41, 5.74) is 2.83. The maximum atomic E-state index is 11.8. The lowest BCUT2D eigenvalue weighted by Gasteiger charge is -2.10. The number of amides is 2. The quantitative estimate of drug-likeness (QED) is 0.785. The highest BCUT2D eigenvalue weighted by Gasteiger charge is 2.10. The molecule has 1 aromatic rings. The molecule has 0 aliphatic carbocycles. The monoisotopic (exact) mass is 276 g/mol. The fourth-order valence-electron chi connectivity index (χ4n) is 1.77. The molecule has 0 fully saturated rings. The molecule has 2 N–H and O–H groups in total. The first-order valence-electron chi connectivity index (χ1n) is 7.02. The summed E-state index contributed by atoms with van der Waals surface area (Å²) in [6.45, 7) is 8.71. The van der Waals surface area contributed by atoms with Gasteiger partial charge >= 0.3 is 0 Å². The van der Waals surface area contributed by atoms with Crippen LogP contribution in [0.4, 0.5) is 5.69 Å². The minimum absolute atomic E-state index is 0.133. The van der Waals surface area contributed by atoms with Gasteiger partial charge in [-0.1, -0.05) is 26.0 Å². The van der Waals surface area contributed by atoms with E-state index in [9.17, 15) is 9.59 Å². The summed E-state index contributed by atoms with van der Waals surface area (Å²) in [6, 6.07) is 5.85. The smallest absolute Gasteiger partial charge is 0.233 e. The lowest BCUT2D eigenvalue weighted by atomic mass is 10.1. The van der Waals surface area contributed by atoms with Crippen LogP contribution in [0, 0.1) is 19.8 Å². The zero-order valence-corrected chi connectivity index (χ0v) is 12.7. The van der Waals surface area contributed by atoms with Crippen LogP contribution in [0.3, 0.4) is 0 Å². The summed E-state index contributed by atoms with van der Waals surface area (Å²) in [5, 5.41) is 5.54. The van der Waals surface area contributed by atoms with Gasteiger partial charge in [-0.3, -0.25) is 9.59 Å². The lowest BCUT2D eigenvalue weighted by Crippen LogP contribution is -2.29. The van der Waals surface area contributed by atoms with Crippen molar-refractivity contribution in [3.63, 3.8) is 0 Å². The Morgan fingerprint density at radius 3 is 2.50 bits per heavy atom. The van der Waals surface area contributed by atoms with Crippen LogP contribution in [0.1, 0.15) is 37.8 Å². The standard InChI is InChI=1S/C16H24N2O2/c1-11(2)7-8-17-15(19)10-16(20)18-14-9-12(3)5-6-13(14)4/h5-6,9,11H,7-8,10H2,1-4H3,(H,17,19)(H,18,20). The van der Waals surface area contributed by atoms with Gasteiger partial charge < -0.3 is 10.6 Å². The van der Waals surface area contributed by atoms with Crippen LogP contribution >= 0.6 is 0 Å². The maximum Gasteiger partial charge on any atom is 0.233 e. The molecule has 0 heterocycles. The van der Waals surface area contributed by atoms with Gasteiger partial charge in [0.2, 0.25) is 11.8 Å². The zero-order valence-electron chi connectivity index (χ0n) is 12.7. The summed E-state index contributed by atoms with van der Waals surface area (Å²) < 4.78 is 0. The Morgan fingerprint density at radius 2 is 1.85 bits per heavy atom. The van der Waals surface area contributed by atoms with Gasteiger partial charge in [-0.2, -0.15) is 0 Å². The van der Waals surface area contributed by atoms with Gasteiger partial charge in [0.25, 0.3) is 0 Å². The molecule has 20 heavy (non-hydrogen) atoms. The number of benzene rings is 1. The van der Waals surface area contributed by atoms with Crippen molar-refractivity contribution in [2.24, 2.45) is 5.92 Å². The van der Waals surface area contributed by atoms with Crippen molar-refractivity contribution in [1.29, 1.82) is 0 Å². The Labute approximate surface area is 121 Å². The Balaban J connectivity index is 2.43. The minimum Gasteiger partial charge on any atom is -0.356 e. The minimum atomic E-state index is -0.277. The topological polar surface area (TPSA) is 58.2 Å². The Bertz CT molecular complexity index is 481. The second-order valence-corrected chi connectivity index (χ2v) is 5.58. The van der Waals surface area contributed by atoms with Crippen molar-refractivity contribution in [2.75, 3.05) is 11.9 Å². The van der Waals surface area contributed by atoms with E-state index in [4.69, 9.17) is 0 Å². The van der Waals surface area contributed by atoms with Crippen molar-refractivity contribution in [3.8, 4) is 0 Å². The van der Waals surface area contributed by atoms with E-state index in [0.29, 0.717) is 12.5 Å². The molecule has 0 aliphatic rings. The highest BCUT2D eigenvalue weighted by Crippen LogP contribution is 2.16. The SMILES string of the molecule is Cc1ccc(C)c(NC(=O)CC(=O)NCCC(C)C)c1. The molecule has 0 unspecified atom stereocenters. The Morgan fingerprint density at radius 1 is 1.15 bits per heavy atom. The molecule has 0 saturated heterocycles. The molecule has 0 saturated carbocycles. The summed E-state index contributed by atoms with van der Waals surface area (Å²) >= 11 is 0. The molecule has 1 aromatic carbocycles. The van der Waals surface area contributed by atoms with Crippen LogP contribution in [0.2, 0.25) is 0 Å². The molecule has 4 nitrogen and oxygen atoms in total. The van der Waals surface area contributed by atoms with Gasteiger partial charge in [0.05, 0.1) is 0 Å². The number of rotatable bonds is 6. The molecule has 0 atom stereocenters. The number of anilines is 1. The third kappa shape index (κ3) is 5.87. The average Bonchev–Trinajstić information content (AvgIpc) is 2.33. The van der Waals surface area contributed by atoms with Gasteiger partial charge in [-0.05, 0) is 43.4 Å². The molecule has 110 valence electrons. The normalized spacial score (nSPS) is 10.4. The van der Waals surface area contributed by atoms with Crippen molar-refractivity contribution in [1.82, 2.24) is 5.32 Å². The molecule has 0 aliphatic heterocycles. The first-order chi connectivity index (χ1) is 9.38. The van der Waals surface area contributed by atoms with Crippen molar-refractivity contribution in [2.45, 2.75) is 40.5 Å². The molecule has 0 bridgehead atoms. The third-order valence-corrected chi connectivity index (χ3v) is 3.03. The Kier molecular flexibility index (Phi) is 6.22. The van der Waals surface area contributed by atoms with E-state index in [1.165, 1.54) is 0 Å². The highest BCUT2D eigenvalue weighted by molar-refractivity contribution is 6.03. The molecule has 0 spiro atoms. The van der Waals surface area contributed by atoms with Gasteiger partial charge in [0.1, 0.15) is 6.42 Å². The molecule has 0 aromatic heterocycles. The van der Waals surface area contributed by atoms with E-state index in [1.807, 2.05) is 32.0 Å². The number of hydrogen-bond donors (Lipinski definition) is 2. The van der Waals surface area contributed by atoms with E-state index in [2.05, 4.69) is 24.5 Å². The van der Waals surface area contributed by atoms with Crippen LogP contribution in [0.25, 0.3) is 0 Å². The molecule has 2 amide bonds. The summed E-state index contributed by atoms with van der Waals surface area (Å²) in [5.74, 6) is 0.0354. The second-order valence-electron chi connectivity index (χ2n) is 5.58. The van der Waals surface area contributed by atoms with Crippen LogP contribution < -0.4 is 10.6 Å². The molecule has 4 heteroatoms. The lowest BCUT2D eigenvalue weighted by molar-refractivity contribution is -0.126. The van der Waals surface area contributed by atoms with Gasteiger partial charge in [-0.25, -0.2) is 0 Å². The summed E-state index contributed by atoms with van der Waals surface area (Å²) in [7, 11) is 0. The number of carbonyl (C=O) groups is 2. The van der Waals surface area contributed by atoms with Crippen LogP contribution in [0.5, 0.6) is 0 Å². The predicted octanol–water partition coefficient (Wildman–Crippen LogP) is 2.79. The summed E-state index contributed by atoms with van der Waals surface area (Å²) in [4.78, 5) is 23.4. The third-order valence-electron chi connectivity index (χ3n) is 3.03. The van der Waals surface area contributed by atoms with E-state index in [0.717, 1.165) is 23.2 Å². The second kappa shape index (κ2) is 7.68. The maximum absolute atomic E-state index is 11.8. The van der Waals surface area contributed by atoms with Gasteiger partial charge in [0, 0.05) is 12.2 Å². The van der Waals surface area contributed by atoms with Crippen molar-refractivity contribution >= 4 is 17.5 Å². The van der Waals surface area contributed by atoms with Crippen molar-refractivity contribution < 1.29 is 9.59 Å². The van der Waals surface area contributed by atoms with E-state index in [-0.39, 0.29) is 18.2 Å². The largest absolute Gasteiger partial charge is 0.356 e. The fourth-order valence-corrected chi connectivity index (χ4v) is 1.77. The fraction of sp³-hybridized carbons (Fsp3) is 0.500. The van der Waals surface area contributed by atoms with E-state index < -0.39 is 0 Å². The molecule has 1 rings (SSSR count). The van der Waals surface area contributed by atoms with E-state index in [1.54, 1.807) is 0 Å². The Hall–Kier alpha value is -1.84. The number of aryl methyl sites for hydroxylation is 2. The van der Waals surface area contributed by atoms with Crippen LogP contribution in [-0.2, 0) is 9.59 Å². The van der Waals surface area contributed by atoms with Gasteiger partial charge in [-0.15, -0.1) is 0 Å². The molecule has 0 radical (unpaired) electrons. The number of hydrogen-bond acceptors (Lipinski definition) is 2. The van der Waals surface area contributed by atoms with Gasteiger partial charge in [0.15, 0.2) is 0 Å². The number of carbonyl (C=O) groups excluding carboxylic acids is 2. The highest BCUT2D eigenvalue weighted by atomic mass is 16.2. The number of nitrogens with one attached hydrogen (secondary N) is 2. The average molecular weight is 276 g/mol. The van der Waals surface area contributed by atoms with Crippen molar-refractivity contribution in [3.05, 3.63) is 29.3 Å². The van der Waals surface area contributed by atoms with Crippen LogP contribution in [-0.4, -0.2) is 18.4 Å². The van der Waals surface area contributed by atoms with Crippen LogP contribution in [0.15, 0.2) is 18.2 Å². The molecular formula is C16H24N2O2.